The summed E-state index contributed by atoms with van der Waals surface area (Å²) in [6, 6.07) is 12.7. The van der Waals surface area contributed by atoms with E-state index >= 15 is 0 Å². The second kappa shape index (κ2) is 7.46. The monoisotopic (exact) mass is 432 g/mol. The summed E-state index contributed by atoms with van der Waals surface area (Å²) in [5, 5.41) is 10.5. The van der Waals surface area contributed by atoms with Crippen LogP contribution >= 0.6 is 11.6 Å². The SMILES string of the molecule is Cc1ccc(-n2ncc3c(C4CC4)nn(CC(=O)c4ccc(Cl)cc4)c(=O)c32)c(C)c1. The Bertz CT molecular complexity index is 1380. The Labute approximate surface area is 184 Å². The van der Waals surface area contributed by atoms with E-state index in [2.05, 4.69) is 16.3 Å². The zero-order chi connectivity index (χ0) is 21.7. The van der Waals surface area contributed by atoms with Crippen molar-refractivity contribution in [3.05, 3.63) is 86.4 Å². The van der Waals surface area contributed by atoms with Crippen LogP contribution in [0.2, 0.25) is 5.02 Å². The second-order valence-electron chi connectivity index (χ2n) is 8.16. The van der Waals surface area contributed by atoms with Crippen molar-refractivity contribution in [3.8, 4) is 5.69 Å². The van der Waals surface area contributed by atoms with Crippen LogP contribution in [0.4, 0.5) is 0 Å². The number of hydrogen-bond donors (Lipinski definition) is 0. The molecule has 1 aliphatic rings. The Morgan fingerprint density at radius 2 is 1.87 bits per heavy atom. The first-order valence-corrected chi connectivity index (χ1v) is 10.7. The lowest BCUT2D eigenvalue weighted by Crippen LogP contribution is -2.29. The van der Waals surface area contributed by atoms with Crippen LogP contribution in [-0.4, -0.2) is 25.3 Å². The summed E-state index contributed by atoms with van der Waals surface area (Å²) in [7, 11) is 0. The molecule has 0 bridgehead atoms. The molecule has 0 radical (unpaired) electrons. The van der Waals surface area contributed by atoms with Gasteiger partial charge in [-0.1, -0.05) is 29.3 Å². The molecule has 1 saturated carbocycles. The summed E-state index contributed by atoms with van der Waals surface area (Å²) in [6.07, 6.45) is 3.78. The van der Waals surface area contributed by atoms with Gasteiger partial charge in [0.2, 0.25) is 0 Å². The molecule has 0 amide bonds. The van der Waals surface area contributed by atoms with E-state index in [-0.39, 0.29) is 17.9 Å². The molecule has 0 aliphatic heterocycles. The molecule has 2 aromatic carbocycles. The fraction of sp³-hybridized carbons (Fsp3) is 0.250. The van der Waals surface area contributed by atoms with Gasteiger partial charge in [-0.25, -0.2) is 9.36 Å². The molecule has 6 nitrogen and oxygen atoms in total. The highest BCUT2D eigenvalue weighted by Crippen LogP contribution is 2.41. The van der Waals surface area contributed by atoms with Crippen LogP contribution in [0, 0.1) is 13.8 Å². The average Bonchev–Trinajstić information content (AvgIpc) is 3.49. The molecular formula is C24H21ClN4O2. The molecule has 7 heteroatoms. The Hall–Kier alpha value is -3.25. The number of hydrogen-bond acceptors (Lipinski definition) is 4. The van der Waals surface area contributed by atoms with Crippen molar-refractivity contribution in [1.29, 1.82) is 0 Å². The van der Waals surface area contributed by atoms with Crippen LogP contribution in [0.15, 0.2) is 53.5 Å². The van der Waals surface area contributed by atoms with Crippen LogP contribution < -0.4 is 5.56 Å². The molecule has 0 N–H and O–H groups in total. The van der Waals surface area contributed by atoms with Gasteiger partial charge in [-0.2, -0.15) is 10.2 Å². The molecule has 4 aromatic rings. The number of Topliss-reactive ketones (excluding diaryl/α,β-unsaturated/α-hetero) is 1. The van der Waals surface area contributed by atoms with Gasteiger partial charge >= 0.3 is 0 Å². The van der Waals surface area contributed by atoms with E-state index in [4.69, 9.17) is 11.6 Å². The smallest absolute Gasteiger partial charge is 0.292 e. The average molecular weight is 433 g/mol. The van der Waals surface area contributed by atoms with Gasteiger partial charge in [-0.3, -0.25) is 9.59 Å². The number of rotatable bonds is 5. The number of nitrogens with zero attached hydrogens (tertiary/aromatic N) is 4. The lowest BCUT2D eigenvalue weighted by atomic mass is 10.1. The van der Waals surface area contributed by atoms with Crippen molar-refractivity contribution in [2.45, 2.75) is 39.2 Å². The number of aryl methyl sites for hydroxylation is 2. The van der Waals surface area contributed by atoms with Crippen molar-refractivity contribution in [3.63, 3.8) is 0 Å². The first kappa shape index (κ1) is 19.7. The van der Waals surface area contributed by atoms with Crippen molar-refractivity contribution >= 4 is 28.3 Å². The van der Waals surface area contributed by atoms with Gasteiger partial charge in [0, 0.05) is 21.9 Å². The van der Waals surface area contributed by atoms with Gasteiger partial charge in [-0.05, 0) is 62.6 Å². The third-order valence-corrected chi connectivity index (χ3v) is 5.97. The predicted molar refractivity (Wildman–Crippen MR) is 120 cm³/mol. The first-order chi connectivity index (χ1) is 14.9. The third kappa shape index (κ3) is 3.57. The van der Waals surface area contributed by atoms with E-state index in [1.165, 1.54) is 4.68 Å². The highest BCUT2D eigenvalue weighted by Gasteiger charge is 2.30. The zero-order valence-electron chi connectivity index (χ0n) is 17.3. The van der Waals surface area contributed by atoms with Gasteiger partial charge < -0.3 is 0 Å². The summed E-state index contributed by atoms with van der Waals surface area (Å²) in [6.45, 7) is 3.90. The van der Waals surface area contributed by atoms with Crippen LogP contribution in [0.1, 0.15) is 45.9 Å². The minimum atomic E-state index is -0.320. The quantitative estimate of drug-likeness (QED) is 0.432. The minimum absolute atomic E-state index is 0.131. The Balaban J connectivity index is 1.65. The van der Waals surface area contributed by atoms with Crippen molar-refractivity contribution in [1.82, 2.24) is 19.6 Å². The van der Waals surface area contributed by atoms with Gasteiger partial charge in [0.15, 0.2) is 5.78 Å². The largest absolute Gasteiger partial charge is 0.293 e. The highest BCUT2D eigenvalue weighted by molar-refractivity contribution is 6.30. The minimum Gasteiger partial charge on any atom is -0.292 e. The molecule has 0 spiro atoms. The molecule has 1 aliphatic carbocycles. The number of fused-ring (bicyclic) bond motifs is 1. The first-order valence-electron chi connectivity index (χ1n) is 10.3. The normalized spacial score (nSPS) is 13.6. The number of benzene rings is 2. The van der Waals surface area contributed by atoms with Crippen LogP contribution in [0.5, 0.6) is 0 Å². The van der Waals surface area contributed by atoms with Crippen LogP contribution in [0.25, 0.3) is 16.6 Å². The molecule has 1 fully saturated rings. The highest BCUT2D eigenvalue weighted by atomic mass is 35.5. The standard InChI is InChI=1S/C24H21ClN4O2/c1-14-3-10-20(15(2)11-14)29-23-19(12-26-29)22(17-4-5-17)27-28(24(23)31)13-21(30)16-6-8-18(25)9-7-16/h3,6-12,17H,4-5,13H2,1-2H3. The summed E-state index contributed by atoms with van der Waals surface area (Å²) in [5.74, 6) is 0.113. The van der Waals surface area contributed by atoms with E-state index in [1.54, 1.807) is 35.1 Å². The number of carbonyl (C=O) groups excluding carboxylic acids is 1. The summed E-state index contributed by atoms with van der Waals surface area (Å²) >= 11 is 5.93. The lowest BCUT2D eigenvalue weighted by Gasteiger charge is -2.11. The second-order valence-corrected chi connectivity index (χ2v) is 8.60. The maximum Gasteiger partial charge on any atom is 0.293 e. The van der Waals surface area contributed by atoms with Gasteiger partial charge in [0.1, 0.15) is 12.1 Å². The Morgan fingerprint density at radius 3 is 2.55 bits per heavy atom. The number of carbonyl (C=O) groups is 1. The molecule has 31 heavy (non-hydrogen) atoms. The summed E-state index contributed by atoms with van der Waals surface area (Å²) in [5.41, 5.74) is 4.50. The number of aromatic nitrogens is 4. The molecule has 0 unspecified atom stereocenters. The number of halogens is 1. The molecular weight excluding hydrogens is 412 g/mol. The topological polar surface area (TPSA) is 69.8 Å². The van der Waals surface area contributed by atoms with E-state index in [0.717, 1.165) is 40.7 Å². The maximum atomic E-state index is 13.4. The maximum absolute atomic E-state index is 13.4. The summed E-state index contributed by atoms with van der Waals surface area (Å²) in [4.78, 5) is 26.3. The van der Waals surface area contributed by atoms with Crippen molar-refractivity contribution in [2.75, 3.05) is 0 Å². The van der Waals surface area contributed by atoms with E-state index in [1.807, 2.05) is 26.0 Å². The van der Waals surface area contributed by atoms with Crippen molar-refractivity contribution in [2.24, 2.45) is 0 Å². The van der Waals surface area contributed by atoms with Gasteiger partial charge in [0.05, 0.1) is 17.6 Å². The molecule has 156 valence electrons. The fourth-order valence-electron chi connectivity index (χ4n) is 3.95. The molecule has 5 rings (SSSR count). The van der Waals surface area contributed by atoms with E-state index < -0.39 is 0 Å². The lowest BCUT2D eigenvalue weighted by molar-refractivity contribution is 0.0965. The molecule has 2 heterocycles. The predicted octanol–water partition coefficient (Wildman–Crippen LogP) is 4.61. The van der Waals surface area contributed by atoms with Gasteiger partial charge in [-0.15, -0.1) is 0 Å². The number of ketones is 1. The van der Waals surface area contributed by atoms with E-state index in [0.29, 0.717) is 22.0 Å². The molecule has 0 saturated heterocycles. The van der Waals surface area contributed by atoms with Gasteiger partial charge in [0.25, 0.3) is 5.56 Å². The fourth-order valence-corrected chi connectivity index (χ4v) is 4.07. The Morgan fingerprint density at radius 1 is 1.13 bits per heavy atom. The molecule has 2 aromatic heterocycles. The van der Waals surface area contributed by atoms with Crippen LogP contribution in [-0.2, 0) is 6.54 Å². The molecule has 0 atom stereocenters. The van der Waals surface area contributed by atoms with Crippen LogP contribution in [0.3, 0.4) is 0 Å². The van der Waals surface area contributed by atoms with E-state index in [9.17, 15) is 9.59 Å². The summed E-state index contributed by atoms with van der Waals surface area (Å²) < 4.78 is 2.97. The zero-order valence-corrected chi connectivity index (χ0v) is 18.1. The Kier molecular flexibility index (Phi) is 4.74. The third-order valence-electron chi connectivity index (χ3n) is 5.71. The van der Waals surface area contributed by atoms with Crippen molar-refractivity contribution < 1.29 is 4.79 Å².